The Labute approximate surface area is 279 Å². The van der Waals surface area contributed by atoms with E-state index in [-0.39, 0.29) is 46.6 Å². The zero-order valence-electron chi connectivity index (χ0n) is 27.7. The molecular weight excluding hydrogens is 612 g/mol. The summed E-state index contributed by atoms with van der Waals surface area (Å²) >= 11 is 0. The summed E-state index contributed by atoms with van der Waals surface area (Å²) in [6.45, 7) is 4.78. The molecule has 2 aromatic rings. The number of rotatable bonds is 2. The van der Waals surface area contributed by atoms with Crippen LogP contribution in [-0.4, -0.2) is 95.6 Å². The third-order valence-electron chi connectivity index (χ3n) is 12.8. The molecule has 2 spiro atoms. The summed E-state index contributed by atoms with van der Waals surface area (Å²) in [5.74, 6) is 1.90. The number of phenols is 1. The summed E-state index contributed by atoms with van der Waals surface area (Å²) in [4.78, 5) is 28.1. The SMILES string of the molecule is CC(=O)Oc1ccc2c3c1O[C@H]1[C@@H](OC(C)=O)C=C[C@H]4[C@@H](C2)N(C)CC[C@@]341.CN1CC[C@]23c4c5ccc(O)c4O[C@H]2[C@@H](O)C=C[C@H]3[C@H]1C5. The second-order valence-corrected chi connectivity index (χ2v) is 15.0. The number of carbonyl (C=O) groups excluding carboxylic acids is 2. The monoisotopic (exact) mass is 654 g/mol. The van der Waals surface area contributed by atoms with Gasteiger partial charge in [0.05, 0.1) is 0 Å². The summed E-state index contributed by atoms with van der Waals surface area (Å²) in [6, 6.07) is 8.50. The summed E-state index contributed by atoms with van der Waals surface area (Å²) in [7, 11) is 4.36. The topological polar surface area (TPSA) is 118 Å². The van der Waals surface area contributed by atoms with E-state index in [0.29, 0.717) is 35.3 Å². The molecule has 4 aliphatic carbocycles. The van der Waals surface area contributed by atoms with Crippen molar-refractivity contribution in [3.8, 4) is 23.0 Å². The number of piperidine rings is 2. The minimum atomic E-state index is -0.594. The van der Waals surface area contributed by atoms with Crippen molar-refractivity contribution in [3.05, 3.63) is 70.8 Å². The minimum absolute atomic E-state index is 0.160. The average Bonchev–Trinajstić information content (AvgIpc) is 3.59. The molecule has 2 saturated heterocycles. The van der Waals surface area contributed by atoms with Gasteiger partial charge in [-0.25, -0.2) is 0 Å². The normalized spacial score (nSPS) is 38.4. The van der Waals surface area contributed by atoms with E-state index in [0.717, 1.165) is 44.3 Å². The van der Waals surface area contributed by atoms with E-state index in [1.807, 2.05) is 24.3 Å². The molecule has 2 N–H and O–H groups in total. The van der Waals surface area contributed by atoms with Crippen molar-refractivity contribution < 1.29 is 38.7 Å². The predicted octanol–water partition coefficient (Wildman–Crippen LogP) is 3.19. The number of likely N-dealkylation sites (N-methyl/N-ethyl adjacent to an activating group) is 2. The highest BCUT2D eigenvalue weighted by molar-refractivity contribution is 5.73. The van der Waals surface area contributed by atoms with Crippen LogP contribution in [0.4, 0.5) is 0 Å². The Morgan fingerprint density at radius 2 is 1.38 bits per heavy atom. The molecule has 0 amide bonds. The quantitative estimate of drug-likeness (QED) is 0.284. The Kier molecular flexibility index (Phi) is 6.50. The fraction of sp³-hybridized carbons (Fsp3) is 0.526. The molecule has 2 aromatic carbocycles. The van der Waals surface area contributed by atoms with Crippen molar-refractivity contribution in [2.75, 3.05) is 27.2 Å². The lowest BCUT2D eigenvalue weighted by atomic mass is 9.53. The van der Waals surface area contributed by atoms with Crippen LogP contribution in [0.3, 0.4) is 0 Å². The van der Waals surface area contributed by atoms with Crippen LogP contribution >= 0.6 is 0 Å². The highest BCUT2D eigenvalue weighted by Crippen LogP contribution is 2.64. The fourth-order valence-electron chi connectivity index (χ4n) is 11.0. The van der Waals surface area contributed by atoms with E-state index in [4.69, 9.17) is 18.9 Å². The lowest BCUT2D eigenvalue weighted by Gasteiger charge is -2.56. The van der Waals surface area contributed by atoms with Crippen LogP contribution in [-0.2, 0) is 38.0 Å². The maximum Gasteiger partial charge on any atom is 0.308 e. The number of esters is 2. The van der Waals surface area contributed by atoms with Crippen LogP contribution in [0.2, 0.25) is 0 Å². The zero-order valence-corrected chi connectivity index (χ0v) is 27.7. The summed E-state index contributed by atoms with van der Waals surface area (Å²) in [6.07, 6.45) is 10.5. The fourth-order valence-corrected chi connectivity index (χ4v) is 11.0. The molecule has 10 heteroatoms. The summed E-state index contributed by atoms with van der Waals surface area (Å²) in [5, 5.41) is 20.6. The molecule has 0 aromatic heterocycles. The molecule has 2 fully saturated rings. The first kappa shape index (κ1) is 30.2. The Balaban J connectivity index is 0.000000135. The second-order valence-electron chi connectivity index (χ2n) is 15.0. The maximum absolute atomic E-state index is 11.7. The number of hydrogen-bond acceptors (Lipinski definition) is 10. The van der Waals surface area contributed by atoms with Gasteiger partial charge in [0.15, 0.2) is 29.1 Å². The van der Waals surface area contributed by atoms with E-state index < -0.39 is 12.2 Å². The van der Waals surface area contributed by atoms with Gasteiger partial charge in [0.2, 0.25) is 0 Å². The number of likely N-dealkylation sites (tertiary alicyclic amines) is 2. The molecule has 0 unspecified atom stereocenters. The third-order valence-corrected chi connectivity index (χ3v) is 12.8. The molecule has 0 radical (unpaired) electrons. The van der Waals surface area contributed by atoms with Crippen LogP contribution < -0.4 is 14.2 Å². The number of carbonyl (C=O) groups is 2. The smallest absolute Gasteiger partial charge is 0.308 e. The predicted molar refractivity (Wildman–Crippen MR) is 174 cm³/mol. The van der Waals surface area contributed by atoms with Crippen molar-refractivity contribution in [2.45, 2.75) is 86.9 Å². The van der Waals surface area contributed by atoms with Crippen molar-refractivity contribution in [2.24, 2.45) is 11.8 Å². The Bertz CT molecular complexity index is 1800. The highest BCUT2D eigenvalue weighted by atomic mass is 16.6. The van der Waals surface area contributed by atoms with E-state index in [1.54, 1.807) is 6.07 Å². The van der Waals surface area contributed by atoms with Crippen molar-refractivity contribution >= 4 is 11.9 Å². The molecule has 252 valence electrons. The number of nitrogens with zero attached hydrogens (tertiary/aromatic N) is 2. The number of ether oxygens (including phenoxy) is 4. The number of aliphatic hydroxyl groups excluding tert-OH is 1. The first-order valence-electron chi connectivity index (χ1n) is 17.2. The van der Waals surface area contributed by atoms with E-state index in [1.165, 1.54) is 30.5 Å². The second kappa shape index (κ2) is 10.3. The molecule has 10 rings (SSSR count). The first-order valence-corrected chi connectivity index (χ1v) is 17.2. The standard InChI is InChI=1S/C21H23NO5.C17H19NO3/c1-11(23)25-16-6-4-13-10-15-14-5-7-17(26-12(2)24)20-21(14,8-9-22(15)3)18(13)19(16)27-20;1-18-7-6-17-10-3-5-13(20)16(17)21-15-12(19)4-2-9(14(15)17)8-11(10)18/h4-7,14-15,17,20H,8-10H2,1-3H3;2-5,10-11,13,16,19-20H,6-8H2,1H3/t14-,15+,17-,20-,21-;10-,11+,13-,16-,17-/m00/s1. The molecular formula is C38H42N2O8. The van der Waals surface area contributed by atoms with Crippen molar-refractivity contribution in [3.63, 3.8) is 0 Å². The Hall–Kier alpha value is -3.86. The average molecular weight is 655 g/mol. The van der Waals surface area contributed by atoms with Gasteiger partial charge >= 0.3 is 11.9 Å². The first-order chi connectivity index (χ1) is 23.0. The number of hydrogen-bond donors (Lipinski definition) is 2. The van der Waals surface area contributed by atoms with E-state index >= 15 is 0 Å². The molecule has 10 atom stereocenters. The van der Waals surface area contributed by atoms with Crippen LogP contribution in [0, 0.1) is 11.8 Å². The lowest BCUT2D eigenvalue weighted by Crippen LogP contribution is -2.65. The van der Waals surface area contributed by atoms with Crippen molar-refractivity contribution in [1.29, 1.82) is 0 Å². The van der Waals surface area contributed by atoms with Gasteiger partial charge in [-0.3, -0.25) is 9.59 Å². The number of aromatic hydroxyl groups is 1. The summed E-state index contributed by atoms with van der Waals surface area (Å²) in [5.41, 5.74) is 4.44. The van der Waals surface area contributed by atoms with E-state index in [2.05, 4.69) is 42.1 Å². The lowest BCUT2D eigenvalue weighted by molar-refractivity contribution is -0.152. The van der Waals surface area contributed by atoms with Crippen LogP contribution in [0.25, 0.3) is 0 Å². The largest absolute Gasteiger partial charge is 0.504 e. The van der Waals surface area contributed by atoms with Gasteiger partial charge in [-0.05, 0) is 82.2 Å². The van der Waals surface area contributed by atoms with Gasteiger partial charge in [0.1, 0.15) is 18.3 Å². The highest BCUT2D eigenvalue weighted by Gasteiger charge is 2.66. The number of benzene rings is 2. The number of phenolic OH excluding ortho intramolecular Hbond substituents is 1. The molecule has 4 aliphatic heterocycles. The molecule has 4 bridgehead atoms. The van der Waals surface area contributed by atoms with Gasteiger partial charge in [0.25, 0.3) is 0 Å². The van der Waals surface area contributed by atoms with Crippen molar-refractivity contribution in [1.82, 2.24) is 9.80 Å². The van der Waals surface area contributed by atoms with Gasteiger partial charge in [-0.1, -0.05) is 30.4 Å². The van der Waals surface area contributed by atoms with Gasteiger partial charge in [-0.15, -0.1) is 0 Å². The van der Waals surface area contributed by atoms with E-state index in [9.17, 15) is 19.8 Å². The molecule has 48 heavy (non-hydrogen) atoms. The van der Waals surface area contributed by atoms with Crippen LogP contribution in [0.15, 0.2) is 48.6 Å². The summed E-state index contributed by atoms with van der Waals surface area (Å²) < 4.78 is 23.6. The van der Waals surface area contributed by atoms with Crippen LogP contribution in [0.5, 0.6) is 23.0 Å². The van der Waals surface area contributed by atoms with Gasteiger partial charge in [-0.2, -0.15) is 0 Å². The number of aliphatic hydroxyl groups is 1. The maximum atomic E-state index is 11.7. The molecule has 8 aliphatic rings. The van der Waals surface area contributed by atoms with Gasteiger partial charge < -0.3 is 39.0 Å². The Morgan fingerprint density at radius 3 is 2.02 bits per heavy atom. The zero-order chi connectivity index (χ0) is 33.3. The minimum Gasteiger partial charge on any atom is -0.504 e. The molecule has 10 nitrogen and oxygen atoms in total. The van der Waals surface area contributed by atoms with Gasteiger partial charge in [0, 0.05) is 59.7 Å². The van der Waals surface area contributed by atoms with Crippen LogP contribution in [0.1, 0.15) is 48.9 Å². The Morgan fingerprint density at radius 1 is 0.792 bits per heavy atom. The third kappa shape index (κ3) is 3.85. The molecule has 0 saturated carbocycles. The molecule has 4 heterocycles.